The first-order valence-electron chi connectivity index (χ1n) is 8.86. The first-order valence-corrected chi connectivity index (χ1v) is 11.8. The van der Waals surface area contributed by atoms with Gasteiger partial charge in [0.05, 0.1) is 15.5 Å². The van der Waals surface area contributed by atoms with Crippen LogP contribution in [-0.4, -0.2) is 16.8 Å². The van der Waals surface area contributed by atoms with Gasteiger partial charge in [-0.25, -0.2) is 16.8 Å². The Labute approximate surface area is 171 Å². The lowest BCUT2D eigenvalue weighted by atomic mass is 10.1. The van der Waals surface area contributed by atoms with Gasteiger partial charge in [-0.3, -0.25) is 9.44 Å². The van der Waals surface area contributed by atoms with Crippen molar-refractivity contribution in [3.63, 3.8) is 0 Å². The van der Waals surface area contributed by atoms with Gasteiger partial charge in [0, 0.05) is 5.69 Å². The number of hydrogen-bond donors (Lipinski definition) is 2. The van der Waals surface area contributed by atoms with Crippen LogP contribution in [-0.2, 0) is 20.0 Å². The molecule has 0 saturated heterocycles. The Balaban J connectivity index is 1.80. The van der Waals surface area contributed by atoms with E-state index in [2.05, 4.69) is 9.44 Å². The largest absolute Gasteiger partial charge is 0.280 e. The number of hydrogen-bond acceptors (Lipinski definition) is 4. The quantitative estimate of drug-likeness (QED) is 0.613. The molecule has 0 saturated carbocycles. The molecular formula is C21H22N2O4S2. The van der Waals surface area contributed by atoms with E-state index in [1.165, 1.54) is 36.4 Å². The van der Waals surface area contributed by atoms with Crippen LogP contribution >= 0.6 is 0 Å². The van der Waals surface area contributed by atoms with E-state index in [4.69, 9.17) is 0 Å². The topological polar surface area (TPSA) is 92.3 Å². The van der Waals surface area contributed by atoms with Gasteiger partial charge in [-0.2, -0.15) is 0 Å². The zero-order valence-corrected chi connectivity index (χ0v) is 17.9. The van der Waals surface area contributed by atoms with E-state index >= 15 is 0 Å². The summed E-state index contributed by atoms with van der Waals surface area (Å²) in [4.78, 5) is 0.174. The minimum absolute atomic E-state index is 0.0386. The summed E-state index contributed by atoms with van der Waals surface area (Å²) < 4.78 is 55.3. The van der Waals surface area contributed by atoms with Crippen molar-refractivity contribution in [2.24, 2.45) is 0 Å². The zero-order valence-electron chi connectivity index (χ0n) is 16.3. The van der Waals surface area contributed by atoms with Gasteiger partial charge in [0.1, 0.15) is 0 Å². The van der Waals surface area contributed by atoms with Crippen molar-refractivity contribution in [1.29, 1.82) is 0 Å². The number of nitrogens with one attached hydrogen (secondary N) is 2. The molecule has 0 atom stereocenters. The van der Waals surface area contributed by atoms with E-state index < -0.39 is 20.0 Å². The number of aryl methyl sites for hydroxylation is 3. The first-order chi connectivity index (χ1) is 13.6. The van der Waals surface area contributed by atoms with Crippen molar-refractivity contribution >= 4 is 31.4 Å². The maximum Gasteiger partial charge on any atom is 0.261 e. The molecule has 0 heterocycles. The third-order valence-electron chi connectivity index (χ3n) is 4.39. The van der Waals surface area contributed by atoms with Crippen LogP contribution in [0.25, 0.3) is 0 Å². The molecule has 3 rings (SSSR count). The Bertz CT molecular complexity index is 1230. The molecule has 152 valence electrons. The van der Waals surface area contributed by atoms with Crippen LogP contribution in [0.2, 0.25) is 0 Å². The summed E-state index contributed by atoms with van der Waals surface area (Å²) in [6.45, 7) is 5.57. The summed E-state index contributed by atoms with van der Waals surface area (Å²) in [6, 6.07) is 17.5. The molecule has 29 heavy (non-hydrogen) atoms. The summed E-state index contributed by atoms with van der Waals surface area (Å²) in [5.41, 5.74) is 3.48. The molecule has 0 fully saturated rings. The second kappa shape index (κ2) is 7.88. The fourth-order valence-electron chi connectivity index (χ4n) is 2.68. The predicted octanol–water partition coefficient (Wildman–Crippen LogP) is 4.21. The molecule has 0 aromatic heterocycles. The first kappa shape index (κ1) is 20.9. The standard InChI is InChI=1S/C21H22N2O4S2/c1-15-5-10-19(11-6-15)28(24,25)22-18-8-12-20(13-9-18)29(26,27)23-21-14-16(2)4-7-17(21)3/h4-14,22-23H,1-3H3. The van der Waals surface area contributed by atoms with Crippen LogP contribution in [0.15, 0.2) is 76.5 Å². The maximum atomic E-state index is 12.7. The van der Waals surface area contributed by atoms with Gasteiger partial charge in [-0.15, -0.1) is 0 Å². The van der Waals surface area contributed by atoms with E-state index in [1.807, 2.05) is 32.9 Å². The van der Waals surface area contributed by atoms with Gasteiger partial charge in [0.2, 0.25) is 0 Å². The normalized spacial score (nSPS) is 11.8. The van der Waals surface area contributed by atoms with Crippen molar-refractivity contribution in [1.82, 2.24) is 0 Å². The molecule has 0 radical (unpaired) electrons. The van der Waals surface area contributed by atoms with Crippen LogP contribution in [0.1, 0.15) is 16.7 Å². The summed E-state index contributed by atoms with van der Waals surface area (Å²) in [5, 5.41) is 0. The van der Waals surface area contributed by atoms with E-state index in [0.29, 0.717) is 5.69 Å². The average molecular weight is 431 g/mol. The minimum Gasteiger partial charge on any atom is -0.280 e. The number of anilines is 2. The zero-order chi connectivity index (χ0) is 21.2. The summed E-state index contributed by atoms with van der Waals surface area (Å²) in [5.74, 6) is 0. The molecule has 3 aromatic carbocycles. The Morgan fingerprint density at radius 1 is 0.586 bits per heavy atom. The average Bonchev–Trinajstić information content (AvgIpc) is 2.65. The maximum absolute atomic E-state index is 12.7. The predicted molar refractivity (Wildman–Crippen MR) is 115 cm³/mol. The third-order valence-corrected chi connectivity index (χ3v) is 7.16. The van der Waals surface area contributed by atoms with Crippen LogP contribution in [0, 0.1) is 20.8 Å². The molecule has 0 aliphatic carbocycles. The Morgan fingerprint density at radius 2 is 1.07 bits per heavy atom. The monoisotopic (exact) mass is 430 g/mol. The van der Waals surface area contributed by atoms with Crippen LogP contribution in [0.3, 0.4) is 0 Å². The van der Waals surface area contributed by atoms with Crippen molar-refractivity contribution in [2.75, 3.05) is 9.44 Å². The van der Waals surface area contributed by atoms with Gasteiger partial charge in [-0.1, -0.05) is 29.8 Å². The molecule has 0 aliphatic heterocycles. The SMILES string of the molecule is Cc1ccc(S(=O)(=O)Nc2ccc(S(=O)(=O)Nc3cc(C)ccc3C)cc2)cc1. The van der Waals surface area contributed by atoms with Gasteiger partial charge in [0.25, 0.3) is 20.0 Å². The van der Waals surface area contributed by atoms with Gasteiger partial charge < -0.3 is 0 Å². The Morgan fingerprint density at radius 3 is 1.66 bits per heavy atom. The Hall–Kier alpha value is -2.84. The van der Waals surface area contributed by atoms with Gasteiger partial charge in [0.15, 0.2) is 0 Å². The van der Waals surface area contributed by atoms with E-state index in [-0.39, 0.29) is 15.5 Å². The van der Waals surface area contributed by atoms with E-state index in [9.17, 15) is 16.8 Å². The van der Waals surface area contributed by atoms with Crippen molar-refractivity contribution in [3.8, 4) is 0 Å². The number of benzene rings is 3. The molecule has 0 bridgehead atoms. The molecule has 0 unspecified atom stereocenters. The molecular weight excluding hydrogens is 408 g/mol. The van der Waals surface area contributed by atoms with Crippen LogP contribution in [0.4, 0.5) is 11.4 Å². The van der Waals surface area contributed by atoms with E-state index in [1.54, 1.807) is 18.2 Å². The highest BCUT2D eigenvalue weighted by Gasteiger charge is 2.17. The molecule has 8 heteroatoms. The highest BCUT2D eigenvalue weighted by atomic mass is 32.2. The van der Waals surface area contributed by atoms with Crippen molar-refractivity contribution in [3.05, 3.63) is 83.4 Å². The van der Waals surface area contributed by atoms with E-state index in [0.717, 1.165) is 16.7 Å². The summed E-state index contributed by atoms with van der Waals surface area (Å²) >= 11 is 0. The second-order valence-corrected chi connectivity index (χ2v) is 10.2. The van der Waals surface area contributed by atoms with Gasteiger partial charge >= 0.3 is 0 Å². The molecule has 0 amide bonds. The smallest absolute Gasteiger partial charge is 0.261 e. The molecule has 3 aromatic rings. The van der Waals surface area contributed by atoms with Crippen LogP contribution < -0.4 is 9.44 Å². The number of sulfonamides is 2. The van der Waals surface area contributed by atoms with Crippen molar-refractivity contribution < 1.29 is 16.8 Å². The summed E-state index contributed by atoms with van der Waals surface area (Å²) in [7, 11) is -7.55. The molecule has 6 nitrogen and oxygen atoms in total. The van der Waals surface area contributed by atoms with Crippen molar-refractivity contribution in [2.45, 2.75) is 30.6 Å². The minimum atomic E-state index is -3.80. The number of rotatable bonds is 6. The lowest BCUT2D eigenvalue weighted by molar-refractivity contribution is 0.600. The molecule has 0 aliphatic rings. The molecule has 2 N–H and O–H groups in total. The highest BCUT2D eigenvalue weighted by molar-refractivity contribution is 7.93. The van der Waals surface area contributed by atoms with Crippen LogP contribution in [0.5, 0.6) is 0 Å². The molecule has 0 spiro atoms. The Kier molecular flexibility index (Phi) is 5.68. The lowest BCUT2D eigenvalue weighted by Gasteiger charge is -2.12. The fraction of sp³-hybridized carbons (Fsp3) is 0.143. The highest BCUT2D eigenvalue weighted by Crippen LogP contribution is 2.23. The lowest BCUT2D eigenvalue weighted by Crippen LogP contribution is -2.15. The fourth-order valence-corrected chi connectivity index (χ4v) is 4.86. The van der Waals surface area contributed by atoms with Gasteiger partial charge in [-0.05, 0) is 74.4 Å². The summed E-state index contributed by atoms with van der Waals surface area (Å²) in [6.07, 6.45) is 0. The third kappa shape index (κ3) is 4.96. The second-order valence-electron chi connectivity index (χ2n) is 6.87.